The van der Waals surface area contributed by atoms with Crippen LogP contribution in [-0.4, -0.2) is 54.2 Å². The molecule has 10 heteroatoms. The number of aromatic amines is 1. The minimum Gasteiger partial charge on any atom is -0.396 e. The van der Waals surface area contributed by atoms with Crippen molar-refractivity contribution in [1.82, 2.24) is 19.5 Å². The van der Waals surface area contributed by atoms with Crippen LogP contribution in [0, 0.1) is 12.3 Å². The van der Waals surface area contributed by atoms with E-state index in [1.807, 2.05) is 5.92 Å². The highest BCUT2D eigenvalue weighted by Crippen LogP contribution is 2.42. The van der Waals surface area contributed by atoms with Crippen LogP contribution in [0.25, 0.3) is 11.2 Å². The van der Waals surface area contributed by atoms with Crippen molar-refractivity contribution in [3.8, 4) is 12.3 Å². The number of nitrogens with two attached hydrogens (primary N) is 1. The fourth-order valence-corrected chi connectivity index (χ4v) is 2.65. The average Bonchev–Trinajstić information content (AvgIpc) is 3.02. The van der Waals surface area contributed by atoms with E-state index in [-0.39, 0.29) is 30.1 Å². The smallest absolute Gasteiger partial charge is 0.280 e. The van der Waals surface area contributed by atoms with Crippen LogP contribution in [0.1, 0.15) is 12.6 Å². The van der Waals surface area contributed by atoms with Gasteiger partial charge in [-0.25, -0.2) is 9.37 Å². The van der Waals surface area contributed by atoms with Gasteiger partial charge in [-0.05, 0) is 6.42 Å². The number of terminal acetylenes is 1. The van der Waals surface area contributed by atoms with Crippen molar-refractivity contribution >= 4 is 17.1 Å². The van der Waals surface area contributed by atoms with Crippen molar-refractivity contribution in [2.75, 3.05) is 12.3 Å². The Balaban J connectivity index is 2.14. The van der Waals surface area contributed by atoms with E-state index in [1.54, 1.807) is 0 Å². The molecule has 3 rings (SSSR count). The fourth-order valence-electron chi connectivity index (χ4n) is 2.65. The number of aliphatic hydroxyl groups is 2. The number of halogens is 1. The Morgan fingerprint density at radius 2 is 2.39 bits per heavy atom. The van der Waals surface area contributed by atoms with Gasteiger partial charge in [-0.15, -0.1) is 6.42 Å². The molecule has 3 heterocycles. The van der Waals surface area contributed by atoms with Crippen molar-refractivity contribution < 1.29 is 19.3 Å². The maximum atomic E-state index is 15.1. The average molecular weight is 323 g/mol. The molecule has 2 aromatic rings. The monoisotopic (exact) mass is 323 g/mol. The van der Waals surface area contributed by atoms with Gasteiger partial charge >= 0.3 is 0 Å². The maximum Gasteiger partial charge on any atom is 0.280 e. The molecule has 1 saturated heterocycles. The highest BCUT2D eigenvalue weighted by Gasteiger charge is 2.57. The van der Waals surface area contributed by atoms with Crippen molar-refractivity contribution in [3.63, 3.8) is 0 Å². The lowest BCUT2D eigenvalue weighted by Crippen LogP contribution is -2.41. The maximum absolute atomic E-state index is 15.1. The van der Waals surface area contributed by atoms with Crippen LogP contribution in [0.3, 0.4) is 0 Å². The normalized spacial score (nSPS) is 30.6. The predicted molar refractivity (Wildman–Crippen MR) is 76.9 cm³/mol. The highest BCUT2D eigenvalue weighted by molar-refractivity contribution is 5.70. The summed E-state index contributed by atoms with van der Waals surface area (Å²) in [6.07, 6.45) is 2.25. The number of nitrogens with zero attached hydrogens (tertiary/aromatic N) is 3. The molecule has 0 aromatic carbocycles. The highest BCUT2D eigenvalue weighted by atomic mass is 19.1. The number of hydrogen-bond acceptors (Lipinski definition) is 7. The van der Waals surface area contributed by atoms with Crippen molar-refractivity contribution in [1.29, 1.82) is 0 Å². The quantitative estimate of drug-likeness (QED) is 0.514. The summed E-state index contributed by atoms with van der Waals surface area (Å²) in [5.41, 5.74) is 2.23. The number of rotatable bonds is 3. The van der Waals surface area contributed by atoms with Crippen LogP contribution in [0.15, 0.2) is 11.1 Å². The van der Waals surface area contributed by atoms with Gasteiger partial charge in [-0.2, -0.15) is 4.98 Å². The zero-order chi connectivity index (χ0) is 16.8. The van der Waals surface area contributed by atoms with Gasteiger partial charge in [0.25, 0.3) is 5.56 Å². The third-order valence-corrected chi connectivity index (χ3v) is 3.78. The summed E-state index contributed by atoms with van der Waals surface area (Å²) in [5.74, 6) is 1.71. The summed E-state index contributed by atoms with van der Waals surface area (Å²) in [7, 11) is 0. The van der Waals surface area contributed by atoms with E-state index in [0.29, 0.717) is 0 Å². The van der Waals surface area contributed by atoms with Crippen LogP contribution in [0.4, 0.5) is 10.3 Å². The lowest BCUT2D eigenvalue weighted by molar-refractivity contribution is -0.0391. The molecule has 122 valence electrons. The van der Waals surface area contributed by atoms with E-state index < -0.39 is 29.7 Å². The second-order valence-electron chi connectivity index (χ2n) is 5.17. The van der Waals surface area contributed by atoms with Crippen LogP contribution < -0.4 is 11.3 Å². The molecular weight excluding hydrogens is 309 g/mol. The largest absolute Gasteiger partial charge is 0.396 e. The molecule has 4 atom stereocenters. The molecule has 5 N–H and O–H groups in total. The summed E-state index contributed by atoms with van der Waals surface area (Å²) in [6.45, 7) is -0.315. The molecule has 0 aliphatic carbocycles. The van der Waals surface area contributed by atoms with Gasteiger partial charge < -0.3 is 20.7 Å². The molecule has 1 fully saturated rings. The topological polar surface area (TPSA) is 139 Å². The third kappa shape index (κ3) is 2.17. The number of anilines is 1. The van der Waals surface area contributed by atoms with Crippen LogP contribution in [-0.2, 0) is 4.74 Å². The molecule has 0 bridgehead atoms. The second kappa shape index (κ2) is 5.31. The summed E-state index contributed by atoms with van der Waals surface area (Å²) in [5, 5.41) is 19.1. The molecule has 9 nitrogen and oxygen atoms in total. The Morgan fingerprint density at radius 1 is 1.65 bits per heavy atom. The number of nitrogens with one attached hydrogen (secondary N) is 1. The molecule has 1 aliphatic rings. The molecule has 0 amide bonds. The van der Waals surface area contributed by atoms with Gasteiger partial charge in [0.1, 0.15) is 6.10 Å². The molecule has 4 unspecified atom stereocenters. The molecule has 23 heavy (non-hydrogen) atoms. The van der Waals surface area contributed by atoms with Crippen LogP contribution >= 0.6 is 0 Å². The zero-order valence-corrected chi connectivity index (χ0v) is 11.8. The molecule has 0 radical (unpaired) electrons. The molecular formula is C13H14FN5O4. The van der Waals surface area contributed by atoms with Gasteiger partial charge in [-0.1, -0.05) is 5.92 Å². The second-order valence-corrected chi connectivity index (χ2v) is 5.17. The van der Waals surface area contributed by atoms with E-state index in [1.165, 1.54) is 0 Å². The van der Waals surface area contributed by atoms with E-state index >= 15 is 4.39 Å². The van der Waals surface area contributed by atoms with E-state index in [9.17, 15) is 9.90 Å². The standard InChI is InChI=1S/C13H14FN5O4/c1-2-13(14)8(21)6(3-4-20)23-11(13)19-5-16-7-9(19)17-12(15)18-10(7)22/h1,5-6,8,11,20-21H,3-4H2,(H3,15,17,18,22). The SMILES string of the molecule is C#CC1(F)C(O)C(CCO)OC1n1cnc2c(=O)[nH]c(N)nc21. The minimum absolute atomic E-state index is 0.00615. The first-order chi connectivity index (χ1) is 10.9. The van der Waals surface area contributed by atoms with Crippen molar-refractivity contribution in [3.05, 3.63) is 16.7 Å². The summed E-state index contributed by atoms with van der Waals surface area (Å²) < 4.78 is 21.6. The predicted octanol–water partition coefficient (Wildman–Crippen LogP) is -1.32. The lowest BCUT2D eigenvalue weighted by atomic mass is 9.95. The summed E-state index contributed by atoms with van der Waals surface area (Å²) in [4.78, 5) is 21.8. The number of ether oxygens (including phenoxy) is 1. The molecule has 0 spiro atoms. The molecule has 2 aromatic heterocycles. The number of imidazole rings is 1. The summed E-state index contributed by atoms with van der Waals surface area (Å²) >= 11 is 0. The first-order valence-corrected chi connectivity index (χ1v) is 6.75. The third-order valence-electron chi connectivity index (χ3n) is 3.78. The number of fused-ring (bicyclic) bond motifs is 1. The van der Waals surface area contributed by atoms with Gasteiger partial charge in [0, 0.05) is 6.61 Å². The Hall–Kier alpha value is -2.48. The summed E-state index contributed by atoms with van der Waals surface area (Å²) in [6, 6.07) is 0. The van der Waals surface area contributed by atoms with Gasteiger partial charge in [-0.3, -0.25) is 14.3 Å². The number of nitrogen functional groups attached to an aromatic ring is 1. The Morgan fingerprint density at radius 3 is 3.04 bits per heavy atom. The number of alkyl halides is 1. The first kappa shape index (κ1) is 15.4. The Kier molecular flexibility index (Phi) is 3.56. The Bertz CT molecular complexity index is 843. The minimum atomic E-state index is -2.58. The number of hydrogen-bond donors (Lipinski definition) is 4. The fraction of sp³-hybridized carbons (Fsp3) is 0.462. The number of H-pyrrole nitrogens is 1. The van der Waals surface area contributed by atoms with Crippen molar-refractivity contribution in [2.24, 2.45) is 0 Å². The first-order valence-electron chi connectivity index (χ1n) is 6.75. The van der Waals surface area contributed by atoms with Gasteiger partial charge in [0.2, 0.25) is 11.6 Å². The van der Waals surface area contributed by atoms with Gasteiger partial charge in [0.15, 0.2) is 17.4 Å². The number of aliphatic hydroxyl groups excluding tert-OH is 2. The van der Waals surface area contributed by atoms with E-state index in [4.69, 9.17) is 22.0 Å². The number of aromatic nitrogens is 4. The van der Waals surface area contributed by atoms with E-state index in [2.05, 4.69) is 15.0 Å². The van der Waals surface area contributed by atoms with Crippen molar-refractivity contribution in [2.45, 2.75) is 30.5 Å². The molecule has 1 aliphatic heterocycles. The van der Waals surface area contributed by atoms with Gasteiger partial charge in [0.05, 0.1) is 12.4 Å². The lowest BCUT2D eigenvalue weighted by Gasteiger charge is -2.23. The van der Waals surface area contributed by atoms with E-state index in [0.717, 1.165) is 10.9 Å². The van der Waals surface area contributed by atoms with Crippen LogP contribution in [0.5, 0.6) is 0 Å². The molecule has 0 saturated carbocycles. The Labute approximate surface area is 128 Å². The zero-order valence-electron chi connectivity index (χ0n) is 11.8. The van der Waals surface area contributed by atoms with Crippen LogP contribution in [0.2, 0.25) is 0 Å².